The molecule has 6 heteroatoms. The first-order valence-corrected chi connectivity index (χ1v) is 9.22. The summed E-state index contributed by atoms with van der Waals surface area (Å²) in [5.41, 5.74) is 2.05. The van der Waals surface area contributed by atoms with Gasteiger partial charge in [-0.05, 0) is 35.9 Å². The van der Waals surface area contributed by atoms with E-state index in [1.165, 1.54) is 12.1 Å². The van der Waals surface area contributed by atoms with Crippen molar-refractivity contribution in [1.29, 1.82) is 0 Å². The first-order valence-electron chi connectivity index (χ1n) is 8.84. The standard InChI is InChI=1S/C20H23ClFN3O/c21-17-2-1-3-19(14-17)25-12-10-24(11-13-25)9-8-20(26)23-15-16-4-6-18(22)7-5-16/h1-7,14H,8-13,15H2,(H,23,26). The summed E-state index contributed by atoms with van der Waals surface area (Å²) in [7, 11) is 0. The average molecular weight is 376 g/mol. The number of hydrogen-bond acceptors (Lipinski definition) is 3. The SMILES string of the molecule is O=C(CCN1CCN(c2cccc(Cl)c2)CC1)NCc1ccc(F)cc1. The van der Waals surface area contributed by atoms with E-state index < -0.39 is 0 Å². The van der Waals surface area contributed by atoms with Gasteiger partial charge in [0.15, 0.2) is 0 Å². The summed E-state index contributed by atoms with van der Waals surface area (Å²) in [6.45, 7) is 4.89. The Morgan fingerprint density at radius 2 is 1.81 bits per heavy atom. The van der Waals surface area contributed by atoms with E-state index >= 15 is 0 Å². The van der Waals surface area contributed by atoms with Gasteiger partial charge in [0.05, 0.1) is 0 Å². The molecule has 0 atom stereocenters. The lowest BCUT2D eigenvalue weighted by atomic mass is 10.2. The third-order valence-electron chi connectivity index (χ3n) is 4.60. The van der Waals surface area contributed by atoms with Crippen molar-refractivity contribution in [1.82, 2.24) is 10.2 Å². The Balaban J connectivity index is 1.36. The topological polar surface area (TPSA) is 35.6 Å². The number of halogens is 2. The second-order valence-corrected chi connectivity index (χ2v) is 6.90. The molecule has 0 bridgehead atoms. The number of anilines is 1. The molecular weight excluding hydrogens is 353 g/mol. The van der Waals surface area contributed by atoms with Gasteiger partial charge in [0.25, 0.3) is 0 Å². The molecule has 2 aromatic carbocycles. The zero-order valence-electron chi connectivity index (χ0n) is 14.6. The molecule has 0 spiro atoms. The van der Waals surface area contributed by atoms with Gasteiger partial charge in [-0.25, -0.2) is 4.39 Å². The zero-order chi connectivity index (χ0) is 18.4. The molecule has 0 unspecified atom stereocenters. The van der Waals surface area contributed by atoms with Crippen molar-refractivity contribution in [2.75, 3.05) is 37.6 Å². The van der Waals surface area contributed by atoms with Crippen molar-refractivity contribution >= 4 is 23.2 Å². The van der Waals surface area contributed by atoms with Crippen LogP contribution >= 0.6 is 11.6 Å². The molecule has 1 amide bonds. The van der Waals surface area contributed by atoms with Crippen LogP contribution in [0.5, 0.6) is 0 Å². The molecule has 1 heterocycles. The van der Waals surface area contributed by atoms with E-state index in [0.29, 0.717) is 13.0 Å². The minimum Gasteiger partial charge on any atom is -0.369 e. The summed E-state index contributed by atoms with van der Waals surface area (Å²) in [5, 5.41) is 3.64. The first-order chi connectivity index (χ1) is 12.6. The van der Waals surface area contributed by atoms with Gasteiger partial charge in [0.2, 0.25) is 5.91 Å². The summed E-state index contributed by atoms with van der Waals surface area (Å²) in [6.07, 6.45) is 0.471. The van der Waals surface area contributed by atoms with E-state index in [2.05, 4.69) is 21.2 Å². The highest BCUT2D eigenvalue weighted by molar-refractivity contribution is 6.30. The molecule has 1 aliphatic rings. The lowest BCUT2D eigenvalue weighted by Crippen LogP contribution is -2.47. The fourth-order valence-electron chi connectivity index (χ4n) is 3.05. The highest BCUT2D eigenvalue weighted by atomic mass is 35.5. The van der Waals surface area contributed by atoms with Crippen LogP contribution in [-0.4, -0.2) is 43.5 Å². The number of amides is 1. The maximum absolute atomic E-state index is 12.9. The van der Waals surface area contributed by atoms with E-state index in [0.717, 1.165) is 49.0 Å². The molecule has 0 radical (unpaired) electrons. The smallest absolute Gasteiger partial charge is 0.221 e. The van der Waals surface area contributed by atoms with Crippen LogP contribution in [0.4, 0.5) is 10.1 Å². The average Bonchev–Trinajstić information content (AvgIpc) is 2.66. The predicted octanol–water partition coefficient (Wildman–Crippen LogP) is 3.31. The fourth-order valence-corrected chi connectivity index (χ4v) is 3.24. The number of benzene rings is 2. The number of nitrogens with zero attached hydrogens (tertiary/aromatic N) is 2. The lowest BCUT2D eigenvalue weighted by molar-refractivity contribution is -0.121. The van der Waals surface area contributed by atoms with Gasteiger partial charge >= 0.3 is 0 Å². The van der Waals surface area contributed by atoms with Gasteiger partial charge in [0.1, 0.15) is 5.82 Å². The van der Waals surface area contributed by atoms with Crippen LogP contribution in [0.25, 0.3) is 0 Å². The van der Waals surface area contributed by atoms with Crippen molar-refractivity contribution in [3.05, 3.63) is 64.9 Å². The molecule has 138 valence electrons. The van der Waals surface area contributed by atoms with E-state index in [1.807, 2.05) is 18.2 Å². The Morgan fingerprint density at radius 3 is 2.50 bits per heavy atom. The van der Waals surface area contributed by atoms with Crippen LogP contribution in [0.1, 0.15) is 12.0 Å². The molecule has 1 aliphatic heterocycles. The first kappa shape index (κ1) is 18.7. The van der Waals surface area contributed by atoms with E-state index in [4.69, 9.17) is 11.6 Å². The molecular formula is C20H23ClFN3O. The summed E-state index contributed by atoms with van der Waals surface area (Å²) in [4.78, 5) is 16.6. The normalized spacial score (nSPS) is 15.1. The summed E-state index contributed by atoms with van der Waals surface area (Å²) >= 11 is 6.06. The monoisotopic (exact) mass is 375 g/mol. The van der Waals surface area contributed by atoms with Gasteiger partial charge in [0, 0.05) is 56.4 Å². The molecule has 1 fully saturated rings. The van der Waals surface area contributed by atoms with E-state index in [9.17, 15) is 9.18 Å². The third kappa shape index (κ3) is 5.44. The van der Waals surface area contributed by atoms with Crippen molar-refractivity contribution in [2.45, 2.75) is 13.0 Å². The Morgan fingerprint density at radius 1 is 1.08 bits per heavy atom. The number of rotatable bonds is 6. The number of hydrogen-bond donors (Lipinski definition) is 1. The molecule has 0 aromatic heterocycles. The Labute approximate surface area is 158 Å². The molecule has 2 aromatic rings. The number of nitrogens with one attached hydrogen (secondary N) is 1. The van der Waals surface area contributed by atoms with Gasteiger partial charge in [-0.1, -0.05) is 29.8 Å². The van der Waals surface area contributed by atoms with Crippen LogP contribution in [0.15, 0.2) is 48.5 Å². The Bertz CT molecular complexity index is 730. The van der Waals surface area contributed by atoms with Gasteiger partial charge in [-0.15, -0.1) is 0 Å². The highest BCUT2D eigenvalue weighted by Gasteiger charge is 2.17. The minimum atomic E-state index is -0.267. The minimum absolute atomic E-state index is 0.0200. The Hall–Kier alpha value is -2.11. The lowest BCUT2D eigenvalue weighted by Gasteiger charge is -2.36. The van der Waals surface area contributed by atoms with Crippen LogP contribution in [0.2, 0.25) is 5.02 Å². The Kier molecular flexibility index (Phi) is 6.47. The maximum Gasteiger partial charge on any atom is 0.221 e. The molecule has 3 rings (SSSR count). The van der Waals surface area contributed by atoms with Crippen molar-refractivity contribution in [3.63, 3.8) is 0 Å². The fraction of sp³-hybridized carbons (Fsp3) is 0.350. The van der Waals surface area contributed by atoms with Crippen LogP contribution in [0.3, 0.4) is 0 Å². The van der Waals surface area contributed by atoms with Crippen molar-refractivity contribution < 1.29 is 9.18 Å². The van der Waals surface area contributed by atoms with Gasteiger partial charge in [-0.2, -0.15) is 0 Å². The summed E-state index contributed by atoms with van der Waals surface area (Å²) in [5.74, 6) is -0.247. The summed E-state index contributed by atoms with van der Waals surface area (Å²) in [6, 6.07) is 14.1. The van der Waals surface area contributed by atoms with Crippen molar-refractivity contribution in [2.24, 2.45) is 0 Å². The van der Waals surface area contributed by atoms with Crippen LogP contribution < -0.4 is 10.2 Å². The number of carbonyl (C=O) groups is 1. The molecule has 0 aliphatic carbocycles. The number of carbonyl (C=O) groups excluding carboxylic acids is 1. The van der Waals surface area contributed by atoms with Gasteiger partial charge in [-0.3, -0.25) is 9.69 Å². The van der Waals surface area contributed by atoms with Crippen LogP contribution in [0, 0.1) is 5.82 Å². The molecule has 1 saturated heterocycles. The van der Waals surface area contributed by atoms with Crippen LogP contribution in [-0.2, 0) is 11.3 Å². The molecule has 0 saturated carbocycles. The highest BCUT2D eigenvalue weighted by Crippen LogP contribution is 2.20. The van der Waals surface area contributed by atoms with E-state index in [1.54, 1.807) is 12.1 Å². The quantitative estimate of drug-likeness (QED) is 0.841. The van der Waals surface area contributed by atoms with Crippen molar-refractivity contribution in [3.8, 4) is 0 Å². The van der Waals surface area contributed by atoms with E-state index in [-0.39, 0.29) is 11.7 Å². The maximum atomic E-state index is 12.9. The molecule has 26 heavy (non-hydrogen) atoms. The summed E-state index contributed by atoms with van der Waals surface area (Å²) < 4.78 is 12.9. The molecule has 1 N–H and O–H groups in total. The molecule has 4 nitrogen and oxygen atoms in total. The predicted molar refractivity (Wildman–Crippen MR) is 103 cm³/mol. The number of piperazine rings is 1. The second-order valence-electron chi connectivity index (χ2n) is 6.46. The third-order valence-corrected chi connectivity index (χ3v) is 4.84. The van der Waals surface area contributed by atoms with Gasteiger partial charge < -0.3 is 10.2 Å². The zero-order valence-corrected chi connectivity index (χ0v) is 15.4. The second kappa shape index (κ2) is 9.01. The largest absolute Gasteiger partial charge is 0.369 e.